The molecule has 0 aromatic heterocycles. The van der Waals surface area contributed by atoms with Crippen LogP contribution in [0.1, 0.15) is 13.8 Å². The van der Waals surface area contributed by atoms with Crippen molar-refractivity contribution >= 4 is 18.7 Å². The van der Waals surface area contributed by atoms with Crippen molar-refractivity contribution in [2.75, 3.05) is 0 Å². The van der Waals surface area contributed by atoms with Crippen LogP contribution in [0, 0.1) is 0 Å². The summed E-state index contributed by atoms with van der Waals surface area (Å²) in [5.41, 5.74) is -1.20. The SMILES string of the molecule is CB1C2(C)OC(=O)C(=O)OC12C. The molecule has 0 bridgehead atoms. The van der Waals surface area contributed by atoms with Gasteiger partial charge in [0, 0.05) is 0 Å². The third-order valence-electron chi connectivity index (χ3n) is 3.33. The van der Waals surface area contributed by atoms with Gasteiger partial charge in [0.2, 0.25) is 0 Å². The van der Waals surface area contributed by atoms with Gasteiger partial charge in [-0.05, 0) is 13.8 Å². The summed E-state index contributed by atoms with van der Waals surface area (Å²) in [4.78, 5) is 21.7. The largest absolute Gasteiger partial charge is 0.456 e. The van der Waals surface area contributed by atoms with Gasteiger partial charge < -0.3 is 9.47 Å². The lowest BCUT2D eigenvalue weighted by Crippen LogP contribution is -2.41. The maximum absolute atomic E-state index is 10.8. The number of esters is 2. The molecule has 0 radical (unpaired) electrons. The first-order chi connectivity index (χ1) is 5.42. The number of ether oxygens (including phenoxy) is 2. The third kappa shape index (κ3) is 0.563. The van der Waals surface area contributed by atoms with Crippen LogP contribution in [-0.2, 0) is 19.1 Å². The van der Waals surface area contributed by atoms with Gasteiger partial charge in [-0.25, -0.2) is 9.59 Å². The van der Waals surface area contributed by atoms with E-state index in [1.807, 2.05) is 6.82 Å². The molecular formula is C7H9BO4. The van der Waals surface area contributed by atoms with Gasteiger partial charge in [-0.15, -0.1) is 0 Å². The Morgan fingerprint density at radius 1 is 1.08 bits per heavy atom. The predicted octanol–water partition coefficient (Wildman–Crippen LogP) is -0.180. The van der Waals surface area contributed by atoms with Crippen LogP contribution in [0.15, 0.2) is 0 Å². The van der Waals surface area contributed by atoms with Crippen LogP contribution >= 0.6 is 0 Å². The van der Waals surface area contributed by atoms with Crippen molar-refractivity contribution in [3.8, 4) is 0 Å². The van der Waals surface area contributed by atoms with E-state index in [1.165, 1.54) is 0 Å². The van der Waals surface area contributed by atoms with E-state index in [1.54, 1.807) is 13.8 Å². The van der Waals surface area contributed by atoms with Crippen LogP contribution in [0.2, 0.25) is 6.82 Å². The molecule has 2 atom stereocenters. The van der Waals surface area contributed by atoms with E-state index in [2.05, 4.69) is 0 Å². The number of hydrogen-bond donors (Lipinski definition) is 0. The maximum Gasteiger partial charge on any atom is 0.417 e. The second-order valence-electron chi connectivity index (χ2n) is 3.71. The monoisotopic (exact) mass is 168 g/mol. The van der Waals surface area contributed by atoms with Gasteiger partial charge in [0.1, 0.15) is 11.0 Å². The molecule has 2 saturated heterocycles. The fourth-order valence-corrected chi connectivity index (χ4v) is 1.83. The van der Waals surface area contributed by atoms with Crippen LogP contribution in [-0.4, -0.2) is 29.7 Å². The number of rotatable bonds is 0. The molecule has 0 aromatic rings. The summed E-state index contributed by atoms with van der Waals surface area (Å²) in [6, 6.07) is 0. The molecular weight excluding hydrogens is 159 g/mol. The van der Waals surface area contributed by atoms with Crippen LogP contribution in [0.4, 0.5) is 0 Å². The Bertz CT molecular complexity index is 261. The molecule has 64 valence electrons. The van der Waals surface area contributed by atoms with Gasteiger partial charge in [-0.1, -0.05) is 6.82 Å². The Morgan fingerprint density at radius 3 is 1.75 bits per heavy atom. The Kier molecular flexibility index (Phi) is 1.07. The molecule has 2 heterocycles. The second-order valence-corrected chi connectivity index (χ2v) is 3.71. The molecule has 2 aliphatic heterocycles. The Hall–Kier alpha value is -0.995. The van der Waals surface area contributed by atoms with Crippen LogP contribution in [0.3, 0.4) is 0 Å². The average Bonchev–Trinajstić information content (AvgIpc) is 2.36. The zero-order valence-corrected chi connectivity index (χ0v) is 7.21. The van der Waals surface area contributed by atoms with Gasteiger partial charge >= 0.3 is 11.9 Å². The van der Waals surface area contributed by atoms with E-state index >= 15 is 0 Å². The molecule has 12 heavy (non-hydrogen) atoms. The topological polar surface area (TPSA) is 52.6 Å². The fourth-order valence-electron chi connectivity index (χ4n) is 1.83. The molecule has 4 nitrogen and oxygen atoms in total. The number of hydrogen-bond acceptors (Lipinski definition) is 4. The first kappa shape index (κ1) is 7.64. The zero-order chi connectivity index (χ0) is 9.15. The summed E-state index contributed by atoms with van der Waals surface area (Å²) < 4.78 is 9.92. The highest BCUT2D eigenvalue weighted by molar-refractivity contribution is 6.78. The Labute approximate surface area is 70.3 Å². The Morgan fingerprint density at radius 2 is 1.42 bits per heavy atom. The van der Waals surface area contributed by atoms with Crippen molar-refractivity contribution in [3.63, 3.8) is 0 Å². The molecule has 0 amide bonds. The van der Waals surface area contributed by atoms with Crippen LogP contribution in [0.25, 0.3) is 0 Å². The summed E-state index contributed by atoms with van der Waals surface area (Å²) in [7, 11) is 0. The number of carbonyl (C=O) groups is 2. The lowest BCUT2D eigenvalue weighted by Gasteiger charge is -2.25. The summed E-state index contributed by atoms with van der Waals surface area (Å²) in [5, 5.41) is 0. The van der Waals surface area contributed by atoms with Gasteiger partial charge in [0.25, 0.3) is 6.71 Å². The summed E-state index contributed by atoms with van der Waals surface area (Å²) in [6.45, 7) is 5.54. The zero-order valence-electron chi connectivity index (χ0n) is 7.21. The summed E-state index contributed by atoms with van der Waals surface area (Å²) >= 11 is 0. The highest BCUT2D eigenvalue weighted by Gasteiger charge is 2.80. The smallest absolute Gasteiger partial charge is 0.417 e. The van der Waals surface area contributed by atoms with E-state index < -0.39 is 22.9 Å². The minimum absolute atomic E-state index is 0.0837. The van der Waals surface area contributed by atoms with Gasteiger partial charge in [-0.2, -0.15) is 0 Å². The summed E-state index contributed by atoms with van der Waals surface area (Å²) in [6.07, 6.45) is 0. The van der Waals surface area contributed by atoms with Crippen molar-refractivity contribution in [2.45, 2.75) is 31.7 Å². The van der Waals surface area contributed by atoms with Gasteiger partial charge in [0.15, 0.2) is 0 Å². The van der Waals surface area contributed by atoms with Crippen LogP contribution in [0.5, 0.6) is 0 Å². The molecule has 5 heteroatoms. The van der Waals surface area contributed by atoms with Crippen molar-refractivity contribution in [1.82, 2.24) is 0 Å². The minimum atomic E-state index is -0.876. The molecule has 2 fully saturated rings. The lowest BCUT2D eigenvalue weighted by molar-refractivity contribution is -0.191. The van der Waals surface area contributed by atoms with Crippen LogP contribution < -0.4 is 0 Å². The summed E-state index contributed by atoms with van der Waals surface area (Å²) in [5.74, 6) is -1.75. The molecule has 2 rings (SSSR count). The molecule has 2 unspecified atom stereocenters. The lowest BCUT2D eigenvalue weighted by atomic mass is 9.66. The highest BCUT2D eigenvalue weighted by atomic mass is 16.7. The molecule has 0 spiro atoms. The van der Waals surface area contributed by atoms with Gasteiger partial charge in [-0.3, -0.25) is 0 Å². The van der Waals surface area contributed by atoms with Crippen molar-refractivity contribution in [1.29, 1.82) is 0 Å². The van der Waals surface area contributed by atoms with Crippen molar-refractivity contribution < 1.29 is 19.1 Å². The molecule has 0 aromatic carbocycles. The molecule has 0 saturated carbocycles. The third-order valence-corrected chi connectivity index (χ3v) is 3.33. The first-order valence-corrected chi connectivity index (χ1v) is 3.88. The van der Waals surface area contributed by atoms with Gasteiger partial charge in [0.05, 0.1) is 0 Å². The normalized spacial score (nSPS) is 44.8. The first-order valence-electron chi connectivity index (χ1n) is 3.88. The number of fused-ring (bicyclic) bond motifs is 1. The van der Waals surface area contributed by atoms with Crippen molar-refractivity contribution in [2.24, 2.45) is 0 Å². The molecule has 2 aliphatic rings. The standard InChI is InChI=1S/C7H9BO4/c1-6-7(2,8(6)3)12-5(10)4(9)11-6/h1-3H3. The Balaban J connectivity index is 2.33. The molecule has 0 N–H and O–H groups in total. The van der Waals surface area contributed by atoms with E-state index in [4.69, 9.17) is 9.47 Å². The van der Waals surface area contributed by atoms with E-state index in [0.717, 1.165) is 0 Å². The highest BCUT2D eigenvalue weighted by Crippen LogP contribution is 2.53. The van der Waals surface area contributed by atoms with E-state index in [-0.39, 0.29) is 6.71 Å². The van der Waals surface area contributed by atoms with E-state index in [0.29, 0.717) is 0 Å². The van der Waals surface area contributed by atoms with Crippen molar-refractivity contribution in [3.05, 3.63) is 0 Å². The fraction of sp³-hybridized carbons (Fsp3) is 0.714. The van der Waals surface area contributed by atoms with E-state index in [9.17, 15) is 9.59 Å². The second kappa shape index (κ2) is 1.68. The quantitative estimate of drug-likeness (QED) is 0.286. The molecule has 0 aliphatic carbocycles. The number of carbonyl (C=O) groups excluding carboxylic acids is 2. The predicted molar refractivity (Wildman–Crippen MR) is 40.6 cm³/mol. The average molecular weight is 168 g/mol. The minimum Gasteiger partial charge on any atom is -0.456 e. The maximum atomic E-state index is 10.8.